The first-order valence-electron chi connectivity index (χ1n) is 9.82. The van der Waals surface area contributed by atoms with Crippen molar-refractivity contribution in [2.45, 2.75) is 4.90 Å². The molecule has 0 bridgehead atoms. The molecule has 0 spiro atoms. The molecule has 0 aliphatic rings. The third kappa shape index (κ3) is 4.17. The van der Waals surface area contributed by atoms with Crippen molar-refractivity contribution in [3.8, 4) is 17.4 Å². The summed E-state index contributed by atoms with van der Waals surface area (Å²) in [5, 5.41) is 1.85. The van der Waals surface area contributed by atoms with Gasteiger partial charge in [-0.15, -0.1) is 0 Å². The van der Waals surface area contributed by atoms with Gasteiger partial charge in [0.2, 0.25) is 5.88 Å². The van der Waals surface area contributed by atoms with Crippen molar-refractivity contribution in [2.24, 2.45) is 0 Å². The summed E-state index contributed by atoms with van der Waals surface area (Å²) in [5.74, 6) is 1.59. The van der Waals surface area contributed by atoms with Gasteiger partial charge in [-0.2, -0.15) is 0 Å². The van der Waals surface area contributed by atoms with Crippen LogP contribution >= 0.6 is 0 Å². The van der Waals surface area contributed by atoms with Gasteiger partial charge in [-0.3, -0.25) is 4.72 Å². The number of aromatic nitrogens is 3. The average molecular weight is 443 g/mol. The summed E-state index contributed by atoms with van der Waals surface area (Å²) in [6.45, 7) is 0. The largest absolute Gasteiger partial charge is 0.439 e. The summed E-state index contributed by atoms with van der Waals surface area (Å²) in [4.78, 5) is 8.56. The fraction of sp³-hybridized carbons (Fsp3) is 0. The van der Waals surface area contributed by atoms with Crippen molar-refractivity contribution in [3.63, 3.8) is 0 Å². The molecule has 0 atom stereocenters. The van der Waals surface area contributed by atoms with E-state index in [9.17, 15) is 8.42 Å². The van der Waals surface area contributed by atoms with Crippen molar-refractivity contribution in [1.29, 1.82) is 0 Å². The second-order valence-electron chi connectivity index (χ2n) is 7.05. The molecule has 0 saturated carbocycles. The van der Waals surface area contributed by atoms with E-state index in [2.05, 4.69) is 14.7 Å². The zero-order valence-corrected chi connectivity index (χ0v) is 17.6. The van der Waals surface area contributed by atoms with Crippen LogP contribution in [0.3, 0.4) is 0 Å². The van der Waals surface area contributed by atoms with Crippen molar-refractivity contribution in [1.82, 2.24) is 14.5 Å². The van der Waals surface area contributed by atoms with Gasteiger partial charge >= 0.3 is 0 Å². The third-order valence-corrected chi connectivity index (χ3v) is 6.24. The van der Waals surface area contributed by atoms with Gasteiger partial charge < -0.3 is 9.30 Å². The van der Waals surface area contributed by atoms with E-state index >= 15 is 0 Å². The van der Waals surface area contributed by atoms with Crippen LogP contribution < -0.4 is 9.46 Å². The Morgan fingerprint density at radius 2 is 1.53 bits per heavy atom. The number of fused-ring (bicyclic) bond motifs is 1. The van der Waals surface area contributed by atoms with E-state index in [4.69, 9.17) is 4.74 Å². The van der Waals surface area contributed by atoms with Gasteiger partial charge in [0.05, 0.1) is 4.90 Å². The standard InChI is InChI=1S/C24H18N4O3S/c29-32(30,22-12-7-18-5-1-2-6-19(18)15-22)27-20-8-10-21(11-9-20)31-24-16-23(25-17-26-24)28-13-3-4-14-28/h1-17,27H. The molecule has 5 aromatic rings. The van der Waals surface area contributed by atoms with Crippen LogP contribution in [0.15, 0.2) is 109 Å². The molecule has 0 fully saturated rings. The summed E-state index contributed by atoms with van der Waals surface area (Å²) in [6, 6.07) is 24.8. The van der Waals surface area contributed by atoms with Crippen LogP contribution in [0.25, 0.3) is 16.6 Å². The Morgan fingerprint density at radius 1 is 0.781 bits per heavy atom. The van der Waals surface area contributed by atoms with Crippen molar-refractivity contribution < 1.29 is 13.2 Å². The fourth-order valence-electron chi connectivity index (χ4n) is 3.27. The topological polar surface area (TPSA) is 86.1 Å². The molecule has 32 heavy (non-hydrogen) atoms. The maximum Gasteiger partial charge on any atom is 0.261 e. The molecule has 158 valence electrons. The second kappa shape index (κ2) is 8.16. The lowest BCUT2D eigenvalue weighted by Gasteiger charge is -2.10. The molecule has 2 heterocycles. The highest BCUT2D eigenvalue weighted by Crippen LogP contribution is 2.25. The van der Waals surface area contributed by atoms with Crippen LogP contribution in [0.4, 0.5) is 5.69 Å². The van der Waals surface area contributed by atoms with Crippen molar-refractivity contribution in [3.05, 3.63) is 104 Å². The number of hydrogen-bond donors (Lipinski definition) is 1. The maximum atomic E-state index is 12.8. The molecule has 1 N–H and O–H groups in total. The van der Waals surface area contributed by atoms with E-state index < -0.39 is 10.0 Å². The molecule has 0 radical (unpaired) electrons. The van der Waals surface area contributed by atoms with E-state index in [0.29, 0.717) is 23.1 Å². The Bertz CT molecular complexity index is 1480. The molecule has 2 aromatic heterocycles. The first-order valence-corrected chi connectivity index (χ1v) is 11.3. The van der Waals surface area contributed by atoms with Gasteiger partial charge in [-0.25, -0.2) is 18.4 Å². The fourth-order valence-corrected chi connectivity index (χ4v) is 4.37. The Hall–Kier alpha value is -4.17. The van der Waals surface area contributed by atoms with Crippen LogP contribution in [-0.4, -0.2) is 23.0 Å². The minimum absolute atomic E-state index is 0.204. The molecule has 0 saturated heterocycles. The van der Waals surface area contributed by atoms with Gasteiger partial charge in [0.1, 0.15) is 17.9 Å². The Morgan fingerprint density at radius 3 is 2.31 bits per heavy atom. The average Bonchev–Trinajstić information content (AvgIpc) is 3.35. The monoisotopic (exact) mass is 442 g/mol. The van der Waals surface area contributed by atoms with Crippen molar-refractivity contribution >= 4 is 26.5 Å². The molecular formula is C24H18N4O3S. The molecule has 3 aromatic carbocycles. The van der Waals surface area contributed by atoms with E-state index in [1.54, 1.807) is 48.5 Å². The van der Waals surface area contributed by atoms with E-state index in [1.165, 1.54) is 6.33 Å². The van der Waals surface area contributed by atoms with Crippen LogP contribution in [0.1, 0.15) is 0 Å². The highest BCUT2D eigenvalue weighted by Gasteiger charge is 2.15. The smallest absolute Gasteiger partial charge is 0.261 e. The lowest BCUT2D eigenvalue weighted by molar-refractivity contribution is 0.461. The third-order valence-electron chi connectivity index (χ3n) is 4.86. The number of benzene rings is 3. The molecule has 0 aliphatic heterocycles. The Labute approximate surface area is 185 Å². The van der Waals surface area contributed by atoms with E-state index in [1.807, 2.05) is 53.4 Å². The second-order valence-corrected chi connectivity index (χ2v) is 8.73. The zero-order chi connectivity index (χ0) is 22.0. The number of rotatable bonds is 6. The summed E-state index contributed by atoms with van der Waals surface area (Å²) in [5.41, 5.74) is 0.432. The molecule has 0 unspecified atom stereocenters. The minimum atomic E-state index is -3.72. The highest BCUT2D eigenvalue weighted by atomic mass is 32.2. The number of nitrogens with zero attached hydrogens (tertiary/aromatic N) is 3. The van der Waals surface area contributed by atoms with Gasteiger partial charge in [-0.1, -0.05) is 30.3 Å². The molecule has 0 amide bonds. The molecule has 5 rings (SSSR count). The van der Waals surface area contributed by atoms with Crippen molar-refractivity contribution in [2.75, 3.05) is 4.72 Å². The number of sulfonamides is 1. The number of hydrogen-bond acceptors (Lipinski definition) is 5. The number of nitrogens with one attached hydrogen (secondary N) is 1. The number of ether oxygens (including phenoxy) is 1. The lowest BCUT2D eigenvalue weighted by atomic mass is 10.1. The summed E-state index contributed by atoms with van der Waals surface area (Å²) in [6.07, 6.45) is 5.18. The van der Waals surface area contributed by atoms with E-state index in [0.717, 1.165) is 10.8 Å². The maximum absolute atomic E-state index is 12.8. The molecule has 7 nitrogen and oxygen atoms in total. The van der Waals surface area contributed by atoms with Gasteiger partial charge in [0, 0.05) is 24.1 Å². The normalized spacial score (nSPS) is 11.4. The predicted molar refractivity (Wildman–Crippen MR) is 123 cm³/mol. The Balaban J connectivity index is 1.32. The molecular weight excluding hydrogens is 424 g/mol. The first kappa shape index (κ1) is 19.8. The van der Waals surface area contributed by atoms with Gasteiger partial charge in [0.15, 0.2) is 0 Å². The summed E-state index contributed by atoms with van der Waals surface area (Å²) in [7, 11) is -3.72. The highest BCUT2D eigenvalue weighted by molar-refractivity contribution is 7.92. The zero-order valence-electron chi connectivity index (χ0n) is 16.8. The van der Waals surface area contributed by atoms with Crippen LogP contribution in [-0.2, 0) is 10.0 Å². The van der Waals surface area contributed by atoms with Crippen LogP contribution in [0.5, 0.6) is 11.6 Å². The molecule has 0 aliphatic carbocycles. The Kier molecular flexibility index (Phi) is 5.04. The van der Waals surface area contributed by atoms with Crippen LogP contribution in [0.2, 0.25) is 0 Å². The summed E-state index contributed by atoms with van der Waals surface area (Å²) >= 11 is 0. The van der Waals surface area contributed by atoms with Gasteiger partial charge in [0.25, 0.3) is 10.0 Å². The van der Waals surface area contributed by atoms with Gasteiger partial charge in [-0.05, 0) is 59.3 Å². The van der Waals surface area contributed by atoms with E-state index in [-0.39, 0.29) is 4.90 Å². The minimum Gasteiger partial charge on any atom is -0.439 e. The first-order chi connectivity index (χ1) is 15.6. The number of anilines is 1. The van der Waals surface area contributed by atoms with Crippen LogP contribution in [0, 0.1) is 0 Å². The summed E-state index contributed by atoms with van der Waals surface area (Å²) < 4.78 is 35.9. The predicted octanol–water partition coefficient (Wildman–Crippen LogP) is 5.01. The SMILES string of the molecule is O=S(=O)(Nc1ccc(Oc2cc(-n3cccc3)ncn2)cc1)c1ccc2ccccc2c1. The molecule has 8 heteroatoms. The lowest BCUT2D eigenvalue weighted by Crippen LogP contribution is -2.12. The quantitative estimate of drug-likeness (QED) is 0.399.